The lowest BCUT2D eigenvalue weighted by Crippen LogP contribution is -2.38. The molecule has 6 nitrogen and oxygen atoms in total. The van der Waals surface area contributed by atoms with E-state index in [2.05, 4.69) is 16.9 Å². The first-order valence-corrected chi connectivity index (χ1v) is 8.55. The Kier molecular flexibility index (Phi) is 4.49. The Morgan fingerprint density at radius 2 is 2.48 bits per heavy atom. The molecule has 114 valence electrons. The summed E-state index contributed by atoms with van der Waals surface area (Å²) in [6.07, 6.45) is 2.57. The molecule has 3 atom stereocenters. The van der Waals surface area contributed by atoms with Crippen LogP contribution in [0.2, 0.25) is 0 Å². The summed E-state index contributed by atoms with van der Waals surface area (Å²) in [5.41, 5.74) is 0.621. The van der Waals surface area contributed by atoms with E-state index in [-0.39, 0.29) is 18.7 Å². The third-order valence-corrected chi connectivity index (χ3v) is 6.89. The van der Waals surface area contributed by atoms with Crippen LogP contribution in [0.3, 0.4) is 0 Å². The minimum absolute atomic E-state index is 0.103. The normalized spacial score (nSPS) is 26.6. The summed E-state index contributed by atoms with van der Waals surface area (Å²) in [5.74, 6) is -0.185. The van der Waals surface area contributed by atoms with Crippen molar-refractivity contribution in [3.8, 4) is 0 Å². The van der Waals surface area contributed by atoms with Crippen molar-refractivity contribution in [3.05, 3.63) is 42.7 Å². The molecule has 1 aromatic heterocycles. The topological polar surface area (TPSA) is 88.5 Å². The van der Waals surface area contributed by atoms with Crippen LogP contribution in [0.4, 0.5) is 4.79 Å². The fourth-order valence-corrected chi connectivity index (χ4v) is 5.56. The second kappa shape index (κ2) is 6.00. The molecule has 0 radical (unpaired) electrons. The summed E-state index contributed by atoms with van der Waals surface area (Å²) in [7, 11) is -3.29. The Morgan fingerprint density at radius 3 is 2.95 bits per heavy atom. The quantitative estimate of drug-likeness (QED) is 0.597. The van der Waals surface area contributed by atoms with Gasteiger partial charge in [-0.15, -0.1) is 6.58 Å². The lowest BCUT2D eigenvalue weighted by atomic mass is 10.4. The van der Waals surface area contributed by atoms with Crippen molar-refractivity contribution in [2.24, 2.45) is 5.92 Å². The molecule has 1 unspecified atom stereocenters. The van der Waals surface area contributed by atoms with Gasteiger partial charge in [-0.2, -0.15) is 0 Å². The van der Waals surface area contributed by atoms with Crippen molar-refractivity contribution in [2.45, 2.75) is 24.8 Å². The number of hydrogen-bond donors (Lipinski definition) is 2. The Balaban J connectivity index is 2.33. The molecule has 1 aromatic rings. The van der Waals surface area contributed by atoms with Crippen molar-refractivity contribution >= 4 is 13.5 Å². The van der Waals surface area contributed by atoms with E-state index in [1.165, 1.54) is 0 Å². The second-order valence-corrected chi connectivity index (χ2v) is 7.69. The molecule has 2 rings (SSSR count). The molecule has 2 N–H and O–H groups in total. The molecule has 0 saturated heterocycles. The minimum Gasteiger partial charge on any atom is -0.465 e. The van der Waals surface area contributed by atoms with E-state index in [0.29, 0.717) is 12.1 Å². The average molecular weight is 310 g/mol. The van der Waals surface area contributed by atoms with Gasteiger partial charge in [0.25, 0.3) is 0 Å². The first-order valence-electron chi connectivity index (χ1n) is 6.74. The van der Waals surface area contributed by atoms with Crippen molar-refractivity contribution in [1.29, 1.82) is 0 Å². The molecule has 1 heterocycles. The molecular weight excluding hydrogens is 291 g/mol. The molecule has 0 bridgehead atoms. The maximum atomic E-state index is 13.3. The number of hydrogen-bond acceptors (Lipinski definition) is 4. The molecule has 1 fully saturated rings. The zero-order valence-corrected chi connectivity index (χ0v) is 12.8. The lowest BCUT2D eigenvalue weighted by molar-refractivity contribution is 0.189. The molecule has 1 aliphatic rings. The number of amides is 1. The molecule has 7 heteroatoms. The summed E-state index contributed by atoms with van der Waals surface area (Å²) >= 11 is 0. The van der Waals surface area contributed by atoms with Crippen LogP contribution >= 0.6 is 7.37 Å². The zero-order chi connectivity index (χ0) is 15.5. The number of rotatable bonds is 7. The smallest absolute Gasteiger partial charge is 0.405 e. The van der Waals surface area contributed by atoms with E-state index in [1.54, 1.807) is 37.4 Å². The van der Waals surface area contributed by atoms with Crippen LogP contribution in [-0.4, -0.2) is 28.1 Å². The highest BCUT2D eigenvalue weighted by Crippen LogP contribution is 2.73. The Morgan fingerprint density at radius 1 is 1.71 bits per heavy atom. The summed E-state index contributed by atoms with van der Waals surface area (Å²) < 4.78 is 18.9. The van der Waals surface area contributed by atoms with E-state index in [4.69, 9.17) is 9.63 Å². The number of nitrogens with zero attached hydrogens (tertiary/aromatic N) is 1. The highest BCUT2D eigenvalue weighted by Gasteiger charge is 2.66. The van der Waals surface area contributed by atoms with E-state index in [9.17, 15) is 9.36 Å². The van der Waals surface area contributed by atoms with Gasteiger partial charge in [0.15, 0.2) is 0 Å². The summed E-state index contributed by atoms with van der Waals surface area (Å²) in [6.45, 7) is 5.67. The number of pyridine rings is 1. The van der Waals surface area contributed by atoms with E-state index in [1.807, 2.05) is 0 Å². The summed E-state index contributed by atoms with van der Waals surface area (Å²) in [4.78, 5) is 15.2. The molecule has 0 aliphatic heterocycles. The van der Waals surface area contributed by atoms with Gasteiger partial charge in [0.2, 0.25) is 7.37 Å². The van der Waals surface area contributed by atoms with Crippen molar-refractivity contribution < 1.29 is 19.0 Å². The standard InChI is InChI=1S/C14H19N2O4P/c1-3-11-9-14(11,16-13(17)18)21(19,20-4-2)10-12-7-5-6-8-15-12/h3,5-8,11,16H,1,4,9-10H2,2H3,(H,17,18)/t11-,14-,21?/m1/s1. The SMILES string of the molecule is C=C[C@@H]1C[C@@]1(NC(=O)O)P(=O)(Cc1ccccn1)OCC. The Bertz CT molecular complexity index is 578. The number of carbonyl (C=O) groups is 1. The Labute approximate surface area is 123 Å². The predicted molar refractivity (Wildman–Crippen MR) is 79.4 cm³/mol. The maximum Gasteiger partial charge on any atom is 0.405 e. The first kappa shape index (κ1) is 15.7. The summed E-state index contributed by atoms with van der Waals surface area (Å²) in [6, 6.07) is 5.32. The highest BCUT2D eigenvalue weighted by molar-refractivity contribution is 7.60. The highest BCUT2D eigenvalue weighted by atomic mass is 31.2. The fourth-order valence-electron chi connectivity index (χ4n) is 2.58. The van der Waals surface area contributed by atoms with E-state index in [0.717, 1.165) is 0 Å². The molecule has 21 heavy (non-hydrogen) atoms. The van der Waals surface area contributed by atoms with Crippen LogP contribution in [0.5, 0.6) is 0 Å². The van der Waals surface area contributed by atoms with Gasteiger partial charge in [-0.3, -0.25) is 9.55 Å². The van der Waals surface area contributed by atoms with Gasteiger partial charge in [-0.1, -0.05) is 12.1 Å². The molecule has 1 saturated carbocycles. The van der Waals surface area contributed by atoms with Crippen LogP contribution in [0.15, 0.2) is 37.1 Å². The second-order valence-electron chi connectivity index (χ2n) is 4.97. The largest absolute Gasteiger partial charge is 0.465 e. The molecular formula is C14H19N2O4P. The molecule has 1 amide bonds. The van der Waals surface area contributed by atoms with Crippen LogP contribution in [0.1, 0.15) is 19.0 Å². The van der Waals surface area contributed by atoms with Gasteiger partial charge in [0, 0.05) is 12.1 Å². The third kappa shape index (κ3) is 3.01. The van der Waals surface area contributed by atoms with Crippen LogP contribution in [0, 0.1) is 5.92 Å². The molecule has 1 aliphatic carbocycles. The Hall–Kier alpha value is -1.65. The van der Waals surface area contributed by atoms with Gasteiger partial charge in [-0.25, -0.2) is 4.79 Å². The van der Waals surface area contributed by atoms with Crippen LogP contribution < -0.4 is 5.32 Å². The van der Waals surface area contributed by atoms with Gasteiger partial charge >= 0.3 is 6.09 Å². The number of carboxylic acid groups (broad SMARTS) is 1. The van der Waals surface area contributed by atoms with Crippen LogP contribution in [0.25, 0.3) is 0 Å². The van der Waals surface area contributed by atoms with Gasteiger partial charge in [0.05, 0.1) is 18.5 Å². The van der Waals surface area contributed by atoms with Gasteiger partial charge < -0.3 is 14.9 Å². The van der Waals surface area contributed by atoms with Crippen LogP contribution in [-0.2, 0) is 15.3 Å². The van der Waals surface area contributed by atoms with Gasteiger partial charge in [-0.05, 0) is 25.5 Å². The van der Waals surface area contributed by atoms with Crippen molar-refractivity contribution in [3.63, 3.8) is 0 Å². The zero-order valence-electron chi connectivity index (χ0n) is 11.9. The van der Waals surface area contributed by atoms with Crippen molar-refractivity contribution in [2.75, 3.05) is 6.61 Å². The molecule has 0 aromatic carbocycles. The molecule has 0 spiro atoms. The van der Waals surface area contributed by atoms with E-state index >= 15 is 0 Å². The summed E-state index contributed by atoms with van der Waals surface area (Å²) in [5, 5.41) is 10.4. The first-order chi connectivity index (χ1) is 9.97. The van der Waals surface area contributed by atoms with E-state index < -0.39 is 18.7 Å². The number of aromatic nitrogens is 1. The maximum absolute atomic E-state index is 13.3. The minimum atomic E-state index is -3.29. The number of nitrogens with one attached hydrogen (secondary N) is 1. The monoisotopic (exact) mass is 310 g/mol. The fraction of sp³-hybridized carbons (Fsp3) is 0.429. The van der Waals surface area contributed by atoms with Gasteiger partial charge in [0.1, 0.15) is 5.28 Å². The average Bonchev–Trinajstić information content (AvgIpc) is 3.14. The predicted octanol–water partition coefficient (Wildman–Crippen LogP) is 3.07. The third-order valence-electron chi connectivity index (χ3n) is 3.63. The lowest BCUT2D eigenvalue weighted by Gasteiger charge is -2.28. The van der Waals surface area contributed by atoms with Crippen molar-refractivity contribution in [1.82, 2.24) is 10.3 Å².